The number of hydrogen-bond acceptors (Lipinski definition) is 1. The second-order valence-electron chi connectivity index (χ2n) is 3.93. The van der Waals surface area contributed by atoms with Gasteiger partial charge in [-0.25, -0.2) is 0 Å². The van der Waals surface area contributed by atoms with Gasteiger partial charge in [-0.3, -0.25) is 0 Å². The van der Waals surface area contributed by atoms with Gasteiger partial charge in [0, 0.05) is 6.61 Å². The van der Waals surface area contributed by atoms with E-state index >= 15 is 0 Å². The minimum absolute atomic E-state index is 0.255. The fourth-order valence-corrected chi connectivity index (χ4v) is 2.14. The topological polar surface area (TPSA) is 20.2 Å². The lowest BCUT2D eigenvalue weighted by Gasteiger charge is -2.14. The van der Waals surface area contributed by atoms with E-state index in [-0.39, 0.29) is 6.61 Å². The normalized spacial score (nSPS) is 10.7. The van der Waals surface area contributed by atoms with E-state index in [4.69, 9.17) is 5.11 Å². The Morgan fingerprint density at radius 2 is 1.47 bits per heavy atom. The number of aryl methyl sites for hydroxylation is 3. The molecule has 0 radical (unpaired) electrons. The van der Waals surface area contributed by atoms with Crippen molar-refractivity contribution in [3.05, 3.63) is 34.4 Å². The van der Waals surface area contributed by atoms with E-state index in [2.05, 4.69) is 32.9 Å². The van der Waals surface area contributed by atoms with Crippen molar-refractivity contribution >= 4 is 0 Å². The molecule has 15 heavy (non-hydrogen) atoms. The first-order valence-corrected chi connectivity index (χ1v) is 6.01. The van der Waals surface area contributed by atoms with Crippen molar-refractivity contribution in [2.24, 2.45) is 0 Å². The predicted octanol–water partition coefficient (Wildman–Crippen LogP) is 2.91. The molecule has 0 atom stereocenters. The highest BCUT2D eigenvalue weighted by Crippen LogP contribution is 2.20. The molecule has 0 unspecified atom stereocenters. The summed E-state index contributed by atoms with van der Waals surface area (Å²) in [6.07, 6.45) is 4.03. The largest absolute Gasteiger partial charge is 0.396 e. The van der Waals surface area contributed by atoms with Crippen molar-refractivity contribution in [3.63, 3.8) is 0 Å². The molecule has 0 fully saturated rings. The zero-order valence-electron chi connectivity index (χ0n) is 10.1. The maximum absolute atomic E-state index is 9.09. The third-order valence-electron chi connectivity index (χ3n) is 3.03. The maximum atomic E-state index is 9.09. The first-order chi connectivity index (χ1) is 7.26. The lowest BCUT2D eigenvalue weighted by atomic mass is 9.92. The van der Waals surface area contributed by atoms with Crippen molar-refractivity contribution in [2.45, 2.75) is 46.5 Å². The standard InChI is InChI=1S/C14H22O/c1-4-11-9-12(5-2)14(7-8-15)13(6-3)10-11/h9-10,15H,4-8H2,1-3H3. The second-order valence-corrected chi connectivity index (χ2v) is 3.93. The van der Waals surface area contributed by atoms with Crippen molar-refractivity contribution in [3.8, 4) is 0 Å². The zero-order valence-corrected chi connectivity index (χ0v) is 10.1. The summed E-state index contributed by atoms with van der Waals surface area (Å²) in [5, 5.41) is 9.09. The SMILES string of the molecule is CCc1cc(CC)c(CCO)c(CC)c1. The number of aliphatic hydroxyl groups is 1. The van der Waals surface area contributed by atoms with Crippen LogP contribution >= 0.6 is 0 Å². The van der Waals surface area contributed by atoms with Gasteiger partial charge in [-0.15, -0.1) is 0 Å². The van der Waals surface area contributed by atoms with Crippen molar-refractivity contribution in [1.82, 2.24) is 0 Å². The summed E-state index contributed by atoms with van der Waals surface area (Å²) in [5.41, 5.74) is 5.63. The average Bonchev–Trinajstić information content (AvgIpc) is 2.29. The van der Waals surface area contributed by atoms with Gasteiger partial charge in [0.25, 0.3) is 0 Å². The molecule has 0 bridgehead atoms. The van der Waals surface area contributed by atoms with E-state index in [0.29, 0.717) is 0 Å². The van der Waals surface area contributed by atoms with Crippen LogP contribution in [-0.2, 0) is 25.7 Å². The number of aliphatic hydroxyl groups excluding tert-OH is 1. The Labute approximate surface area is 93.1 Å². The van der Waals surface area contributed by atoms with Gasteiger partial charge >= 0.3 is 0 Å². The average molecular weight is 206 g/mol. The molecule has 0 aromatic heterocycles. The highest BCUT2D eigenvalue weighted by Gasteiger charge is 2.07. The van der Waals surface area contributed by atoms with Crippen LogP contribution in [0.1, 0.15) is 43.0 Å². The van der Waals surface area contributed by atoms with Crippen molar-refractivity contribution in [1.29, 1.82) is 0 Å². The maximum Gasteiger partial charge on any atom is 0.0471 e. The molecule has 1 nitrogen and oxygen atoms in total. The van der Waals surface area contributed by atoms with Gasteiger partial charge in [0.2, 0.25) is 0 Å². The quantitative estimate of drug-likeness (QED) is 0.785. The van der Waals surface area contributed by atoms with Crippen LogP contribution in [-0.4, -0.2) is 11.7 Å². The molecular formula is C14H22O. The minimum Gasteiger partial charge on any atom is -0.396 e. The summed E-state index contributed by atoms with van der Waals surface area (Å²) in [7, 11) is 0. The van der Waals surface area contributed by atoms with Gasteiger partial charge in [0.05, 0.1) is 0 Å². The summed E-state index contributed by atoms with van der Waals surface area (Å²) in [5.74, 6) is 0. The molecule has 0 aliphatic rings. The van der Waals surface area contributed by atoms with E-state index in [1.54, 1.807) is 0 Å². The molecule has 1 aromatic rings. The van der Waals surface area contributed by atoms with E-state index in [1.807, 2.05) is 0 Å². The fourth-order valence-electron chi connectivity index (χ4n) is 2.14. The second kappa shape index (κ2) is 5.92. The van der Waals surface area contributed by atoms with Crippen LogP contribution < -0.4 is 0 Å². The van der Waals surface area contributed by atoms with Crippen LogP contribution in [0.5, 0.6) is 0 Å². The van der Waals surface area contributed by atoms with Gasteiger partial charge in [0.1, 0.15) is 0 Å². The van der Waals surface area contributed by atoms with Gasteiger partial charge in [-0.1, -0.05) is 32.9 Å². The molecule has 0 saturated carbocycles. The number of benzene rings is 1. The number of rotatable bonds is 5. The van der Waals surface area contributed by atoms with Gasteiger partial charge in [-0.2, -0.15) is 0 Å². The molecule has 0 saturated heterocycles. The number of hydrogen-bond donors (Lipinski definition) is 1. The molecule has 84 valence electrons. The van der Waals surface area contributed by atoms with Crippen molar-refractivity contribution < 1.29 is 5.11 Å². The molecule has 0 amide bonds. The molecule has 0 spiro atoms. The lowest BCUT2D eigenvalue weighted by molar-refractivity contribution is 0.299. The van der Waals surface area contributed by atoms with Crippen LogP contribution in [0, 0.1) is 0 Å². The van der Waals surface area contributed by atoms with Crippen molar-refractivity contribution in [2.75, 3.05) is 6.61 Å². The van der Waals surface area contributed by atoms with Crippen LogP contribution in [0.4, 0.5) is 0 Å². The predicted molar refractivity (Wildman–Crippen MR) is 65.4 cm³/mol. The lowest BCUT2D eigenvalue weighted by Crippen LogP contribution is -2.03. The molecule has 1 rings (SSSR count). The molecule has 1 heteroatoms. The van der Waals surface area contributed by atoms with Gasteiger partial charge in [-0.05, 0) is 47.9 Å². The highest BCUT2D eigenvalue weighted by molar-refractivity contribution is 5.39. The summed E-state index contributed by atoms with van der Waals surface area (Å²) in [6, 6.07) is 4.59. The Morgan fingerprint density at radius 1 is 0.933 bits per heavy atom. The molecule has 0 heterocycles. The summed E-state index contributed by atoms with van der Waals surface area (Å²) in [4.78, 5) is 0. The third-order valence-corrected chi connectivity index (χ3v) is 3.03. The fraction of sp³-hybridized carbons (Fsp3) is 0.571. The Balaban J connectivity index is 3.19. The first kappa shape index (κ1) is 12.3. The monoisotopic (exact) mass is 206 g/mol. The van der Waals surface area contributed by atoms with E-state index in [9.17, 15) is 0 Å². The van der Waals surface area contributed by atoms with Gasteiger partial charge in [0.15, 0.2) is 0 Å². The highest BCUT2D eigenvalue weighted by atomic mass is 16.2. The van der Waals surface area contributed by atoms with Crippen LogP contribution in [0.2, 0.25) is 0 Å². The molecule has 0 aliphatic carbocycles. The summed E-state index contributed by atoms with van der Waals surface area (Å²) >= 11 is 0. The van der Waals surface area contributed by atoms with Crippen LogP contribution in [0.15, 0.2) is 12.1 Å². The summed E-state index contributed by atoms with van der Waals surface area (Å²) in [6.45, 7) is 6.83. The van der Waals surface area contributed by atoms with E-state index in [0.717, 1.165) is 25.7 Å². The Hall–Kier alpha value is -0.820. The third kappa shape index (κ3) is 2.82. The van der Waals surface area contributed by atoms with E-state index < -0.39 is 0 Å². The Bertz CT molecular complexity index is 290. The van der Waals surface area contributed by atoms with Crippen LogP contribution in [0.25, 0.3) is 0 Å². The molecular weight excluding hydrogens is 184 g/mol. The minimum atomic E-state index is 0.255. The molecule has 0 aliphatic heterocycles. The van der Waals surface area contributed by atoms with E-state index in [1.165, 1.54) is 22.3 Å². The van der Waals surface area contributed by atoms with Crippen LogP contribution in [0.3, 0.4) is 0 Å². The Kier molecular flexibility index (Phi) is 4.83. The molecule has 1 aromatic carbocycles. The van der Waals surface area contributed by atoms with Gasteiger partial charge < -0.3 is 5.11 Å². The first-order valence-electron chi connectivity index (χ1n) is 6.01. The zero-order chi connectivity index (χ0) is 11.3. The molecule has 1 N–H and O–H groups in total. The Morgan fingerprint density at radius 3 is 1.80 bits per heavy atom. The summed E-state index contributed by atoms with van der Waals surface area (Å²) < 4.78 is 0. The smallest absolute Gasteiger partial charge is 0.0471 e.